The Balaban J connectivity index is 1.97. The van der Waals surface area contributed by atoms with Crippen LogP contribution in [0.2, 0.25) is 0 Å². The number of aliphatic carboxylic acids is 1. The number of hydrogen-bond acceptors (Lipinski definition) is 7. The van der Waals surface area contributed by atoms with Crippen LogP contribution in [-0.4, -0.2) is 71.5 Å². The molecular formula is C24H29N5O7. The number of carboxylic acid groups (broad SMARTS) is 1. The van der Waals surface area contributed by atoms with E-state index < -0.39 is 48.2 Å². The third-order valence-electron chi connectivity index (χ3n) is 5.00. The molecular weight excluding hydrogens is 470 g/mol. The largest absolute Gasteiger partial charge is 0.508 e. The molecule has 2 rings (SSSR count). The van der Waals surface area contributed by atoms with Crippen molar-refractivity contribution < 1.29 is 34.2 Å². The van der Waals surface area contributed by atoms with Crippen LogP contribution < -0.4 is 27.0 Å². The highest BCUT2D eigenvalue weighted by Gasteiger charge is 2.24. The fraction of sp³-hybridized carbons (Fsp3) is 0.292. The van der Waals surface area contributed by atoms with Gasteiger partial charge in [0.25, 0.3) is 0 Å². The van der Waals surface area contributed by atoms with Crippen LogP contribution in [0.1, 0.15) is 11.1 Å². The molecule has 0 bridgehead atoms. The van der Waals surface area contributed by atoms with Gasteiger partial charge in [-0.05, 0) is 23.3 Å². The van der Waals surface area contributed by atoms with E-state index in [1.54, 1.807) is 30.3 Å². The number of carbonyl (C=O) groups is 5. The van der Waals surface area contributed by atoms with Crippen LogP contribution in [0.15, 0.2) is 54.6 Å². The predicted octanol–water partition coefficient (Wildman–Crippen LogP) is -1.58. The van der Waals surface area contributed by atoms with E-state index in [9.17, 15) is 34.2 Å². The first-order valence-corrected chi connectivity index (χ1v) is 11.1. The molecule has 4 amide bonds. The Hall–Kier alpha value is -4.45. The predicted molar refractivity (Wildman–Crippen MR) is 129 cm³/mol. The summed E-state index contributed by atoms with van der Waals surface area (Å²) >= 11 is 0. The van der Waals surface area contributed by atoms with Crippen molar-refractivity contribution in [3.05, 3.63) is 65.7 Å². The molecule has 0 heterocycles. The van der Waals surface area contributed by atoms with Crippen LogP contribution in [0.3, 0.4) is 0 Å². The maximum Gasteiger partial charge on any atom is 0.326 e. The number of hydrogen-bond donors (Lipinski definition) is 7. The van der Waals surface area contributed by atoms with Gasteiger partial charge in [0.2, 0.25) is 23.6 Å². The standard InChI is InChI=1S/C24H29N5O7/c25-12-20(31)26-13-21(32)28-18(10-15-4-2-1-3-5-15)23(34)27-14-22(33)29-19(24(35)36)11-16-6-8-17(30)9-7-16/h1-9,18-19,30H,10-14,25H2,(H,26,31)(H,27,34)(H,28,32)(H,29,33)(H,35,36)/t18-,19-/m1/s1. The third-order valence-corrected chi connectivity index (χ3v) is 5.00. The zero-order chi connectivity index (χ0) is 26.5. The van der Waals surface area contributed by atoms with Crippen molar-refractivity contribution in [1.29, 1.82) is 0 Å². The summed E-state index contributed by atoms with van der Waals surface area (Å²) in [6.45, 7) is -1.20. The molecule has 0 saturated heterocycles. The zero-order valence-electron chi connectivity index (χ0n) is 19.4. The number of phenols is 1. The molecule has 0 aromatic heterocycles. The van der Waals surface area contributed by atoms with E-state index in [1.165, 1.54) is 24.3 Å². The summed E-state index contributed by atoms with van der Waals surface area (Å²) in [7, 11) is 0. The molecule has 0 unspecified atom stereocenters. The lowest BCUT2D eigenvalue weighted by Crippen LogP contribution is -2.53. The molecule has 2 aromatic rings. The molecule has 0 aliphatic rings. The van der Waals surface area contributed by atoms with Crippen LogP contribution in [0.5, 0.6) is 5.75 Å². The molecule has 0 radical (unpaired) electrons. The summed E-state index contributed by atoms with van der Waals surface area (Å²) in [4.78, 5) is 60.2. The van der Waals surface area contributed by atoms with Crippen molar-refractivity contribution >= 4 is 29.6 Å². The summed E-state index contributed by atoms with van der Waals surface area (Å²) in [5.41, 5.74) is 6.51. The molecule has 12 nitrogen and oxygen atoms in total. The highest BCUT2D eigenvalue weighted by atomic mass is 16.4. The van der Waals surface area contributed by atoms with Gasteiger partial charge >= 0.3 is 5.97 Å². The summed E-state index contributed by atoms with van der Waals surface area (Å²) in [6.07, 6.45) is 0.0833. The van der Waals surface area contributed by atoms with Gasteiger partial charge < -0.3 is 37.2 Å². The van der Waals surface area contributed by atoms with Gasteiger partial charge in [0.1, 0.15) is 17.8 Å². The Morgan fingerprint density at radius 1 is 0.722 bits per heavy atom. The molecule has 36 heavy (non-hydrogen) atoms. The Kier molecular flexibility index (Phi) is 10.9. The number of amides is 4. The van der Waals surface area contributed by atoms with Gasteiger partial charge in [0, 0.05) is 12.8 Å². The van der Waals surface area contributed by atoms with Crippen molar-refractivity contribution in [2.75, 3.05) is 19.6 Å². The second-order valence-corrected chi connectivity index (χ2v) is 7.84. The summed E-state index contributed by atoms with van der Waals surface area (Å²) in [6, 6.07) is 12.4. The third kappa shape index (κ3) is 9.81. The number of rotatable bonds is 13. The number of aromatic hydroxyl groups is 1. The molecule has 2 atom stereocenters. The lowest BCUT2D eigenvalue weighted by atomic mass is 10.0. The summed E-state index contributed by atoms with van der Waals surface area (Å²) < 4.78 is 0. The molecule has 0 saturated carbocycles. The monoisotopic (exact) mass is 499 g/mol. The van der Waals surface area contributed by atoms with Gasteiger partial charge in [-0.3, -0.25) is 19.2 Å². The van der Waals surface area contributed by atoms with Crippen LogP contribution in [-0.2, 0) is 36.8 Å². The second-order valence-electron chi connectivity index (χ2n) is 7.84. The molecule has 12 heteroatoms. The van der Waals surface area contributed by atoms with Gasteiger partial charge in [0.15, 0.2) is 0 Å². The van der Waals surface area contributed by atoms with Gasteiger partial charge in [-0.1, -0.05) is 42.5 Å². The number of benzene rings is 2. The second kappa shape index (κ2) is 14.1. The normalized spacial score (nSPS) is 12.0. The van der Waals surface area contributed by atoms with Crippen LogP contribution in [0.4, 0.5) is 0 Å². The molecule has 0 spiro atoms. The lowest BCUT2D eigenvalue weighted by Gasteiger charge is -2.19. The number of nitrogens with one attached hydrogen (secondary N) is 4. The average molecular weight is 500 g/mol. The van der Waals surface area contributed by atoms with E-state index in [-0.39, 0.29) is 31.7 Å². The van der Waals surface area contributed by atoms with Crippen molar-refractivity contribution in [2.24, 2.45) is 5.73 Å². The maximum absolute atomic E-state index is 12.8. The van der Waals surface area contributed by atoms with Crippen molar-refractivity contribution in [3.63, 3.8) is 0 Å². The fourth-order valence-corrected chi connectivity index (χ4v) is 3.16. The van der Waals surface area contributed by atoms with Crippen molar-refractivity contribution in [3.8, 4) is 5.75 Å². The lowest BCUT2D eigenvalue weighted by molar-refractivity contribution is -0.141. The molecule has 2 aromatic carbocycles. The highest BCUT2D eigenvalue weighted by Crippen LogP contribution is 2.11. The Morgan fingerprint density at radius 3 is 1.83 bits per heavy atom. The van der Waals surface area contributed by atoms with Gasteiger partial charge in [-0.15, -0.1) is 0 Å². The van der Waals surface area contributed by atoms with E-state index in [1.807, 2.05) is 0 Å². The first kappa shape index (κ1) is 27.8. The fourth-order valence-electron chi connectivity index (χ4n) is 3.16. The van der Waals surface area contributed by atoms with Crippen LogP contribution >= 0.6 is 0 Å². The van der Waals surface area contributed by atoms with Crippen LogP contribution in [0.25, 0.3) is 0 Å². The van der Waals surface area contributed by atoms with E-state index >= 15 is 0 Å². The highest BCUT2D eigenvalue weighted by molar-refractivity contribution is 5.93. The smallest absolute Gasteiger partial charge is 0.326 e. The summed E-state index contributed by atoms with van der Waals surface area (Å²) in [5, 5.41) is 28.3. The topological polar surface area (TPSA) is 200 Å². The molecule has 8 N–H and O–H groups in total. The zero-order valence-corrected chi connectivity index (χ0v) is 19.4. The molecule has 0 fully saturated rings. The van der Waals surface area contributed by atoms with E-state index in [0.29, 0.717) is 5.56 Å². The Morgan fingerprint density at radius 2 is 1.25 bits per heavy atom. The Bertz CT molecular complexity index is 1060. The van der Waals surface area contributed by atoms with E-state index in [2.05, 4.69) is 21.3 Å². The minimum atomic E-state index is -1.27. The Labute approximate surface area is 207 Å². The molecule has 0 aliphatic heterocycles. The SMILES string of the molecule is NCC(=O)NCC(=O)N[C@H](Cc1ccccc1)C(=O)NCC(=O)N[C@H](Cc1ccc(O)cc1)C(=O)O. The van der Waals surface area contributed by atoms with Crippen molar-refractivity contribution in [1.82, 2.24) is 21.3 Å². The van der Waals surface area contributed by atoms with Gasteiger partial charge in [-0.2, -0.15) is 0 Å². The molecule has 192 valence electrons. The first-order valence-electron chi connectivity index (χ1n) is 11.1. The number of carboxylic acids is 1. The van der Waals surface area contributed by atoms with Crippen LogP contribution in [0, 0.1) is 0 Å². The van der Waals surface area contributed by atoms with E-state index in [0.717, 1.165) is 5.56 Å². The average Bonchev–Trinajstić information content (AvgIpc) is 2.86. The first-order chi connectivity index (χ1) is 17.2. The van der Waals surface area contributed by atoms with Gasteiger partial charge in [-0.25, -0.2) is 4.79 Å². The van der Waals surface area contributed by atoms with Gasteiger partial charge in [0.05, 0.1) is 19.6 Å². The minimum Gasteiger partial charge on any atom is -0.508 e. The molecule has 0 aliphatic carbocycles. The summed E-state index contributed by atoms with van der Waals surface area (Å²) in [5.74, 6) is -3.82. The van der Waals surface area contributed by atoms with E-state index in [4.69, 9.17) is 5.73 Å². The van der Waals surface area contributed by atoms with Crippen molar-refractivity contribution in [2.45, 2.75) is 24.9 Å². The maximum atomic E-state index is 12.8. The number of nitrogens with two attached hydrogens (primary N) is 1. The number of phenolic OH excluding ortho intramolecular Hbond substituents is 1. The minimum absolute atomic E-state index is 0.0243. The number of carbonyl (C=O) groups excluding carboxylic acids is 4. The quantitative estimate of drug-likeness (QED) is 0.171.